The van der Waals surface area contributed by atoms with Crippen LogP contribution in [0.25, 0.3) is 0 Å². The van der Waals surface area contributed by atoms with Gasteiger partial charge in [0.05, 0.1) is 0 Å². The Kier molecular flexibility index (Phi) is 4.80. The number of carbonyl (C=O) groups excluding carboxylic acids is 1. The summed E-state index contributed by atoms with van der Waals surface area (Å²) in [5, 5.41) is 6.40. The minimum Gasteiger partial charge on any atom is -0.364 e. The molecule has 1 aromatic heterocycles. The Balaban J connectivity index is 2.36. The van der Waals surface area contributed by atoms with Crippen LogP contribution in [-0.4, -0.2) is 23.5 Å². The zero-order valence-electron chi connectivity index (χ0n) is 9.62. The predicted octanol–water partition coefficient (Wildman–Crippen LogP) is 2.45. The molecule has 0 unspecified atom stereocenters. The van der Waals surface area contributed by atoms with E-state index >= 15 is 0 Å². The van der Waals surface area contributed by atoms with Crippen molar-refractivity contribution in [1.82, 2.24) is 10.5 Å². The van der Waals surface area contributed by atoms with Crippen molar-refractivity contribution >= 4 is 17.5 Å². The van der Waals surface area contributed by atoms with Crippen LogP contribution in [0.2, 0.25) is 0 Å². The summed E-state index contributed by atoms with van der Waals surface area (Å²) in [6, 6.07) is 1.54. The van der Waals surface area contributed by atoms with Gasteiger partial charge in [-0.25, -0.2) is 0 Å². The first kappa shape index (κ1) is 13.0. The first-order chi connectivity index (χ1) is 7.55. The van der Waals surface area contributed by atoms with Crippen LogP contribution in [0.1, 0.15) is 37.2 Å². The van der Waals surface area contributed by atoms with Gasteiger partial charge in [-0.3, -0.25) is 4.79 Å². The average molecular weight is 245 g/mol. The van der Waals surface area contributed by atoms with Crippen LogP contribution >= 0.6 is 11.6 Å². The van der Waals surface area contributed by atoms with Gasteiger partial charge in [0.15, 0.2) is 5.69 Å². The smallest absolute Gasteiger partial charge is 0.273 e. The summed E-state index contributed by atoms with van der Waals surface area (Å²) >= 11 is 5.64. The van der Waals surface area contributed by atoms with Crippen molar-refractivity contribution in [2.45, 2.75) is 26.7 Å². The lowest BCUT2D eigenvalue weighted by Gasteiger charge is -2.24. The number of nitrogens with one attached hydrogen (secondary N) is 1. The molecule has 0 radical (unpaired) electrons. The van der Waals surface area contributed by atoms with E-state index in [1.165, 1.54) is 6.26 Å². The molecule has 5 heteroatoms. The number of hydrogen-bond donors (Lipinski definition) is 1. The average Bonchev–Trinajstić information content (AvgIpc) is 2.77. The fourth-order valence-electron chi connectivity index (χ4n) is 1.37. The van der Waals surface area contributed by atoms with Gasteiger partial charge in [-0.1, -0.05) is 19.0 Å². The zero-order chi connectivity index (χ0) is 12.0. The lowest BCUT2D eigenvalue weighted by Crippen LogP contribution is -2.34. The number of nitrogens with zero attached hydrogens (tertiary/aromatic N) is 1. The molecule has 0 spiro atoms. The van der Waals surface area contributed by atoms with E-state index in [1.807, 2.05) is 0 Å². The van der Waals surface area contributed by atoms with E-state index in [1.54, 1.807) is 6.07 Å². The number of alkyl halides is 1. The maximum atomic E-state index is 11.6. The molecule has 0 aliphatic carbocycles. The van der Waals surface area contributed by atoms with Crippen LogP contribution in [0.4, 0.5) is 0 Å². The number of carbonyl (C=O) groups is 1. The Morgan fingerprint density at radius 1 is 1.62 bits per heavy atom. The Morgan fingerprint density at radius 2 is 2.38 bits per heavy atom. The Labute approximate surface area is 100 Å². The third kappa shape index (κ3) is 4.23. The second-order valence-corrected chi connectivity index (χ2v) is 4.90. The van der Waals surface area contributed by atoms with Crippen molar-refractivity contribution in [2.24, 2.45) is 5.41 Å². The highest BCUT2D eigenvalue weighted by molar-refractivity contribution is 6.17. The Bertz CT molecular complexity index is 323. The highest BCUT2D eigenvalue weighted by atomic mass is 35.5. The van der Waals surface area contributed by atoms with Gasteiger partial charge < -0.3 is 9.84 Å². The third-order valence-corrected chi connectivity index (χ3v) is 2.65. The summed E-state index contributed by atoms with van der Waals surface area (Å²) in [4.78, 5) is 11.6. The zero-order valence-corrected chi connectivity index (χ0v) is 10.4. The molecule has 1 rings (SSSR count). The maximum Gasteiger partial charge on any atom is 0.273 e. The standard InChI is InChI=1S/C11H17ClN2O2/c1-11(2,5-3-6-12)8-13-10(15)9-4-7-16-14-9/h4,7H,3,5-6,8H2,1-2H3,(H,13,15). The second kappa shape index (κ2) is 5.89. The monoisotopic (exact) mass is 244 g/mol. The number of hydrogen-bond acceptors (Lipinski definition) is 3. The molecule has 0 atom stereocenters. The van der Waals surface area contributed by atoms with Crippen LogP contribution in [0.3, 0.4) is 0 Å². The first-order valence-corrected chi connectivity index (χ1v) is 5.83. The van der Waals surface area contributed by atoms with Gasteiger partial charge >= 0.3 is 0 Å². The van der Waals surface area contributed by atoms with Crippen molar-refractivity contribution in [3.8, 4) is 0 Å². The maximum absolute atomic E-state index is 11.6. The van der Waals surface area contributed by atoms with Crippen LogP contribution in [0.5, 0.6) is 0 Å². The van der Waals surface area contributed by atoms with Crippen LogP contribution in [0.15, 0.2) is 16.9 Å². The molecule has 1 aromatic rings. The molecule has 0 bridgehead atoms. The first-order valence-electron chi connectivity index (χ1n) is 5.30. The number of rotatable bonds is 6. The van der Waals surface area contributed by atoms with Gasteiger partial charge in [0, 0.05) is 18.5 Å². The van der Waals surface area contributed by atoms with E-state index < -0.39 is 0 Å². The second-order valence-electron chi connectivity index (χ2n) is 4.52. The Morgan fingerprint density at radius 3 is 2.94 bits per heavy atom. The van der Waals surface area contributed by atoms with Crippen LogP contribution < -0.4 is 5.32 Å². The molecule has 1 N–H and O–H groups in total. The molecule has 1 heterocycles. The van der Waals surface area contributed by atoms with E-state index in [4.69, 9.17) is 11.6 Å². The van der Waals surface area contributed by atoms with E-state index in [9.17, 15) is 4.79 Å². The predicted molar refractivity (Wildman–Crippen MR) is 62.6 cm³/mol. The van der Waals surface area contributed by atoms with Crippen molar-refractivity contribution in [3.05, 3.63) is 18.0 Å². The van der Waals surface area contributed by atoms with Gasteiger partial charge in [-0.15, -0.1) is 11.6 Å². The van der Waals surface area contributed by atoms with Crippen LogP contribution in [0, 0.1) is 5.41 Å². The Hall–Kier alpha value is -1.03. The van der Waals surface area contributed by atoms with Gasteiger partial charge in [0.1, 0.15) is 6.26 Å². The molecule has 4 nitrogen and oxygen atoms in total. The SMILES string of the molecule is CC(C)(CCCCl)CNC(=O)c1ccon1. The van der Waals surface area contributed by atoms with Gasteiger partial charge in [0.25, 0.3) is 5.91 Å². The molecule has 1 amide bonds. The van der Waals surface area contributed by atoms with Crippen molar-refractivity contribution < 1.29 is 9.32 Å². The topological polar surface area (TPSA) is 55.1 Å². The normalized spacial score (nSPS) is 11.4. The lowest BCUT2D eigenvalue weighted by molar-refractivity contribution is 0.0925. The van der Waals surface area contributed by atoms with Crippen LogP contribution in [-0.2, 0) is 0 Å². The molecule has 0 saturated carbocycles. The van der Waals surface area contributed by atoms with Crippen molar-refractivity contribution in [2.75, 3.05) is 12.4 Å². The minimum absolute atomic E-state index is 0.0499. The molecular weight excluding hydrogens is 228 g/mol. The summed E-state index contributed by atoms with van der Waals surface area (Å²) in [7, 11) is 0. The highest BCUT2D eigenvalue weighted by Gasteiger charge is 2.19. The van der Waals surface area contributed by atoms with Crippen molar-refractivity contribution in [1.29, 1.82) is 0 Å². The van der Waals surface area contributed by atoms with E-state index in [-0.39, 0.29) is 11.3 Å². The van der Waals surface area contributed by atoms with E-state index in [2.05, 4.69) is 28.8 Å². The number of amides is 1. The van der Waals surface area contributed by atoms with Gasteiger partial charge in [0.2, 0.25) is 0 Å². The number of aromatic nitrogens is 1. The van der Waals surface area contributed by atoms with Gasteiger partial charge in [-0.05, 0) is 18.3 Å². The summed E-state index contributed by atoms with van der Waals surface area (Å²) in [6.07, 6.45) is 3.32. The fourth-order valence-corrected chi connectivity index (χ4v) is 1.51. The number of halogens is 1. The summed E-state index contributed by atoms with van der Waals surface area (Å²) < 4.78 is 4.60. The molecule has 0 fully saturated rings. The molecule has 0 aliphatic heterocycles. The molecular formula is C11H17ClN2O2. The summed E-state index contributed by atoms with van der Waals surface area (Å²) in [5.74, 6) is 0.452. The van der Waals surface area contributed by atoms with E-state index in [0.29, 0.717) is 18.1 Å². The van der Waals surface area contributed by atoms with Crippen molar-refractivity contribution in [3.63, 3.8) is 0 Å². The van der Waals surface area contributed by atoms with E-state index in [0.717, 1.165) is 12.8 Å². The van der Waals surface area contributed by atoms with Gasteiger partial charge in [-0.2, -0.15) is 0 Å². The highest BCUT2D eigenvalue weighted by Crippen LogP contribution is 2.21. The molecule has 0 aromatic carbocycles. The minimum atomic E-state index is -0.201. The molecule has 90 valence electrons. The largest absolute Gasteiger partial charge is 0.364 e. The third-order valence-electron chi connectivity index (χ3n) is 2.39. The summed E-state index contributed by atoms with van der Waals surface area (Å²) in [6.45, 7) is 4.81. The quantitative estimate of drug-likeness (QED) is 0.782. The lowest BCUT2D eigenvalue weighted by atomic mass is 9.88. The molecule has 16 heavy (non-hydrogen) atoms. The summed E-state index contributed by atoms with van der Waals surface area (Å²) in [5.41, 5.74) is 0.363. The molecule has 0 saturated heterocycles. The molecule has 0 aliphatic rings. The fraction of sp³-hybridized carbons (Fsp3) is 0.636.